The second-order valence-electron chi connectivity index (χ2n) is 4.86. The minimum absolute atomic E-state index is 0.139. The first kappa shape index (κ1) is 19.4. The van der Waals surface area contributed by atoms with Crippen LogP contribution < -0.4 is 10.7 Å². The molecule has 0 saturated heterocycles. The molecule has 126 valence electrons. The highest BCUT2D eigenvalue weighted by Gasteiger charge is 2.11. The molecule has 8 heteroatoms. The van der Waals surface area contributed by atoms with Crippen LogP contribution in [0.4, 0.5) is 0 Å². The molecule has 0 atom stereocenters. The van der Waals surface area contributed by atoms with E-state index >= 15 is 0 Å². The molecule has 0 bridgehead atoms. The molecule has 0 fully saturated rings. The van der Waals surface area contributed by atoms with Crippen molar-refractivity contribution in [3.63, 3.8) is 0 Å². The molecule has 0 aliphatic heterocycles. The number of rotatable bonds is 7. The first-order valence-corrected chi connectivity index (χ1v) is 7.84. The molecule has 1 aromatic carbocycles. The summed E-state index contributed by atoms with van der Waals surface area (Å²) in [7, 11) is 0. The molecule has 2 amide bonds. The van der Waals surface area contributed by atoms with E-state index in [-0.39, 0.29) is 6.10 Å². The van der Waals surface area contributed by atoms with Crippen LogP contribution >= 0.6 is 23.2 Å². The summed E-state index contributed by atoms with van der Waals surface area (Å²) in [5.74, 6) is -1.63. The van der Waals surface area contributed by atoms with Crippen molar-refractivity contribution in [3.8, 4) is 0 Å². The number of carbonyl (C=O) groups is 2. The van der Waals surface area contributed by atoms with Gasteiger partial charge < -0.3 is 10.1 Å². The Kier molecular flexibility index (Phi) is 8.61. The van der Waals surface area contributed by atoms with Gasteiger partial charge in [-0.2, -0.15) is 5.10 Å². The quantitative estimate of drug-likeness (QED) is 0.339. The highest BCUT2D eigenvalue weighted by atomic mass is 35.5. The Hall–Kier alpha value is -1.63. The number of carbonyl (C=O) groups excluding carboxylic acids is 2. The van der Waals surface area contributed by atoms with Crippen molar-refractivity contribution in [2.75, 3.05) is 13.2 Å². The van der Waals surface area contributed by atoms with Crippen LogP contribution in [0.2, 0.25) is 10.0 Å². The molecule has 0 saturated carbocycles. The van der Waals surface area contributed by atoms with E-state index in [9.17, 15) is 9.59 Å². The predicted octanol–water partition coefficient (Wildman–Crippen LogP) is 2.37. The number of nitrogens with zero attached hydrogens (tertiary/aromatic N) is 1. The van der Waals surface area contributed by atoms with Crippen molar-refractivity contribution in [1.82, 2.24) is 10.7 Å². The van der Waals surface area contributed by atoms with E-state index in [0.717, 1.165) is 0 Å². The van der Waals surface area contributed by atoms with Crippen LogP contribution in [0, 0.1) is 0 Å². The Morgan fingerprint density at radius 3 is 2.52 bits per heavy atom. The van der Waals surface area contributed by atoms with Gasteiger partial charge >= 0.3 is 11.8 Å². The molecule has 0 spiro atoms. The standard InChI is InChI=1S/C15H19Cl2N3O3/c1-10(2)23-8-4-7-18-14(21)15(22)20-19-9-11-12(16)5-3-6-13(11)17/h3,5-6,9-10H,4,7-8H2,1-2H3,(H,18,21)(H,20,22)/b19-9-. The lowest BCUT2D eigenvalue weighted by molar-refractivity contribution is -0.139. The molecule has 2 N–H and O–H groups in total. The monoisotopic (exact) mass is 359 g/mol. The molecule has 0 heterocycles. The normalized spacial score (nSPS) is 11.0. The predicted molar refractivity (Wildman–Crippen MR) is 90.9 cm³/mol. The van der Waals surface area contributed by atoms with Gasteiger partial charge in [-0.25, -0.2) is 5.43 Å². The SMILES string of the molecule is CC(C)OCCCNC(=O)C(=O)N/N=C\c1c(Cl)cccc1Cl. The summed E-state index contributed by atoms with van der Waals surface area (Å²) in [4.78, 5) is 23.1. The third-order valence-corrected chi connectivity index (χ3v) is 3.28. The number of halogens is 2. The summed E-state index contributed by atoms with van der Waals surface area (Å²) in [6.07, 6.45) is 2.04. The van der Waals surface area contributed by atoms with Crippen LogP contribution in [0.15, 0.2) is 23.3 Å². The fraction of sp³-hybridized carbons (Fsp3) is 0.400. The van der Waals surface area contributed by atoms with Gasteiger partial charge in [0.25, 0.3) is 0 Å². The molecule has 0 aromatic heterocycles. The molecule has 1 rings (SSSR count). The summed E-state index contributed by atoms with van der Waals surface area (Å²) in [6.45, 7) is 4.71. The van der Waals surface area contributed by atoms with E-state index < -0.39 is 11.8 Å². The lowest BCUT2D eigenvalue weighted by Gasteiger charge is -2.07. The third-order valence-electron chi connectivity index (χ3n) is 2.62. The molecular formula is C15H19Cl2N3O3. The minimum atomic E-state index is -0.866. The zero-order chi connectivity index (χ0) is 17.2. The molecular weight excluding hydrogens is 341 g/mol. The fourth-order valence-corrected chi connectivity index (χ4v) is 2.01. The summed E-state index contributed by atoms with van der Waals surface area (Å²) >= 11 is 11.9. The van der Waals surface area contributed by atoms with E-state index in [0.29, 0.717) is 35.2 Å². The second-order valence-corrected chi connectivity index (χ2v) is 5.68. The topological polar surface area (TPSA) is 79.8 Å². The van der Waals surface area contributed by atoms with Gasteiger partial charge in [-0.05, 0) is 32.4 Å². The summed E-state index contributed by atoms with van der Waals surface area (Å²) in [6, 6.07) is 4.97. The van der Waals surface area contributed by atoms with E-state index in [1.165, 1.54) is 6.21 Å². The summed E-state index contributed by atoms with van der Waals surface area (Å²) in [5, 5.41) is 6.93. The maximum atomic E-state index is 11.5. The smallest absolute Gasteiger partial charge is 0.329 e. The van der Waals surface area contributed by atoms with E-state index in [2.05, 4.69) is 15.8 Å². The van der Waals surface area contributed by atoms with Crippen molar-refractivity contribution in [3.05, 3.63) is 33.8 Å². The Morgan fingerprint density at radius 2 is 1.91 bits per heavy atom. The average Bonchev–Trinajstić information content (AvgIpc) is 2.49. The van der Waals surface area contributed by atoms with E-state index in [4.69, 9.17) is 27.9 Å². The van der Waals surface area contributed by atoms with Gasteiger partial charge in [-0.1, -0.05) is 29.3 Å². The number of hydrogen-bond donors (Lipinski definition) is 2. The Morgan fingerprint density at radius 1 is 1.26 bits per heavy atom. The third kappa shape index (κ3) is 7.45. The second kappa shape index (κ2) is 10.2. The summed E-state index contributed by atoms with van der Waals surface area (Å²) < 4.78 is 5.32. The number of benzene rings is 1. The van der Waals surface area contributed by atoms with Gasteiger partial charge in [0.1, 0.15) is 0 Å². The highest BCUT2D eigenvalue weighted by molar-refractivity contribution is 6.38. The van der Waals surface area contributed by atoms with E-state index in [1.54, 1.807) is 18.2 Å². The highest BCUT2D eigenvalue weighted by Crippen LogP contribution is 2.21. The Bertz CT molecular complexity index is 557. The first-order valence-electron chi connectivity index (χ1n) is 7.08. The Labute approximate surface area is 145 Å². The lowest BCUT2D eigenvalue weighted by atomic mass is 10.2. The number of hydrogen-bond acceptors (Lipinski definition) is 4. The van der Waals surface area contributed by atoms with Crippen LogP contribution in [0.5, 0.6) is 0 Å². The first-order chi connectivity index (χ1) is 10.9. The molecule has 0 aliphatic carbocycles. The van der Waals surface area contributed by atoms with Crippen molar-refractivity contribution in [2.45, 2.75) is 26.4 Å². The maximum absolute atomic E-state index is 11.5. The van der Waals surface area contributed by atoms with Crippen LogP contribution in [0.3, 0.4) is 0 Å². The summed E-state index contributed by atoms with van der Waals surface area (Å²) in [5.41, 5.74) is 2.57. The molecule has 1 aromatic rings. The molecule has 0 radical (unpaired) electrons. The lowest BCUT2D eigenvalue weighted by Crippen LogP contribution is -2.38. The number of nitrogens with one attached hydrogen (secondary N) is 2. The van der Waals surface area contributed by atoms with Gasteiger partial charge in [0.05, 0.1) is 22.4 Å². The van der Waals surface area contributed by atoms with Gasteiger partial charge in [0.2, 0.25) is 0 Å². The van der Waals surface area contributed by atoms with Crippen LogP contribution in [0.25, 0.3) is 0 Å². The Balaban J connectivity index is 2.35. The zero-order valence-corrected chi connectivity index (χ0v) is 14.4. The van der Waals surface area contributed by atoms with Gasteiger partial charge in [0.15, 0.2) is 0 Å². The zero-order valence-electron chi connectivity index (χ0n) is 12.9. The number of amides is 2. The number of ether oxygens (including phenoxy) is 1. The maximum Gasteiger partial charge on any atom is 0.329 e. The van der Waals surface area contributed by atoms with Crippen LogP contribution in [-0.4, -0.2) is 37.3 Å². The van der Waals surface area contributed by atoms with Crippen LogP contribution in [-0.2, 0) is 14.3 Å². The van der Waals surface area contributed by atoms with Gasteiger partial charge in [0, 0.05) is 18.7 Å². The fourth-order valence-electron chi connectivity index (χ4n) is 1.51. The van der Waals surface area contributed by atoms with Crippen LogP contribution in [0.1, 0.15) is 25.8 Å². The molecule has 23 heavy (non-hydrogen) atoms. The van der Waals surface area contributed by atoms with Crippen molar-refractivity contribution >= 4 is 41.2 Å². The molecule has 0 unspecified atom stereocenters. The minimum Gasteiger partial charge on any atom is -0.379 e. The average molecular weight is 360 g/mol. The van der Waals surface area contributed by atoms with Crippen molar-refractivity contribution in [2.24, 2.45) is 5.10 Å². The van der Waals surface area contributed by atoms with Gasteiger partial charge in [-0.3, -0.25) is 9.59 Å². The number of hydrazone groups is 1. The van der Waals surface area contributed by atoms with E-state index in [1.807, 2.05) is 13.8 Å². The van der Waals surface area contributed by atoms with Crippen molar-refractivity contribution in [1.29, 1.82) is 0 Å². The molecule has 6 nitrogen and oxygen atoms in total. The largest absolute Gasteiger partial charge is 0.379 e. The van der Waals surface area contributed by atoms with Crippen molar-refractivity contribution < 1.29 is 14.3 Å². The van der Waals surface area contributed by atoms with Gasteiger partial charge in [-0.15, -0.1) is 0 Å². The molecule has 0 aliphatic rings.